The summed E-state index contributed by atoms with van der Waals surface area (Å²) in [4.78, 5) is 14.9. The number of esters is 1. The molecule has 0 bridgehead atoms. The first-order chi connectivity index (χ1) is 8.76. The zero-order chi connectivity index (χ0) is 14.6. The van der Waals surface area contributed by atoms with Crippen molar-refractivity contribution < 1.29 is 27.4 Å². The molecule has 1 heterocycles. The molecule has 19 heavy (non-hydrogen) atoms. The van der Waals surface area contributed by atoms with Crippen molar-refractivity contribution in [2.45, 2.75) is 18.1 Å². The number of carbonyl (C=O) groups excluding carboxylic acids is 1. The second-order valence-electron chi connectivity index (χ2n) is 3.33. The van der Waals surface area contributed by atoms with E-state index in [1.807, 2.05) is 0 Å². The Morgan fingerprint density at radius 3 is 2.63 bits per heavy atom. The average Bonchev–Trinajstić information content (AvgIpc) is 2.32. The smallest absolute Gasteiger partial charge is 0.469 e. The largest absolute Gasteiger partial charge is 0.574 e. The van der Waals surface area contributed by atoms with Crippen molar-refractivity contribution in [1.82, 2.24) is 4.98 Å². The molecule has 0 spiro atoms. The molecular formula is C10H8BrF3INO3. The Hall–Kier alpha value is -0.580. The van der Waals surface area contributed by atoms with Crippen LogP contribution in [0.1, 0.15) is 11.3 Å². The maximum Gasteiger partial charge on any atom is 0.574 e. The minimum atomic E-state index is -4.83. The number of hydrogen-bond donors (Lipinski definition) is 0. The van der Waals surface area contributed by atoms with Crippen LogP contribution in [0.4, 0.5) is 13.2 Å². The second-order valence-corrected chi connectivity index (χ2v) is 4.97. The number of hydrogen-bond acceptors (Lipinski definition) is 4. The number of ether oxygens (including phenoxy) is 2. The minimum absolute atomic E-state index is 0.130. The molecule has 9 heteroatoms. The molecule has 1 aromatic heterocycles. The summed E-state index contributed by atoms with van der Waals surface area (Å²) in [7, 11) is 1.20. The van der Waals surface area contributed by atoms with E-state index in [0.29, 0.717) is 11.3 Å². The van der Waals surface area contributed by atoms with Crippen LogP contribution in [0.25, 0.3) is 0 Å². The van der Waals surface area contributed by atoms with Gasteiger partial charge in [-0.3, -0.25) is 4.79 Å². The maximum absolute atomic E-state index is 12.2. The van der Waals surface area contributed by atoms with Gasteiger partial charge in [0.2, 0.25) is 5.88 Å². The van der Waals surface area contributed by atoms with Gasteiger partial charge in [0, 0.05) is 5.33 Å². The highest BCUT2D eigenvalue weighted by atomic mass is 127. The summed E-state index contributed by atoms with van der Waals surface area (Å²) in [6.07, 6.45) is -4.98. The molecule has 0 unspecified atom stereocenters. The van der Waals surface area contributed by atoms with Gasteiger partial charge in [-0.15, -0.1) is 13.2 Å². The number of pyridine rings is 1. The van der Waals surface area contributed by atoms with Crippen LogP contribution in [0.2, 0.25) is 0 Å². The summed E-state index contributed by atoms with van der Waals surface area (Å²) in [6, 6.07) is 1.52. The second kappa shape index (κ2) is 6.73. The van der Waals surface area contributed by atoms with Crippen LogP contribution >= 0.6 is 38.5 Å². The van der Waals surface area contributed by atoms with E-state index in [2.05, 4.69) is 30.4 Å². The van der Waals surface area contributed by atoms with Gasteiger partial charge in [0.25, 0.3) is 0 Å². The molecule has 106 valence electrons. The molecule has 0 N–H and O–H groups in total. The Balaban J connectivity index is 3.17. The van der Waals surface area contributed by atoms with Gasteiger partial charge in [0.15, 0.2) is 0 Å². The van der Waals surface area contributed by atoms with Crippen molar-refractivity contribution >= 4 is 44.5 Å². The monoisotopic (exact) mass is 453 g/mol. The Bertz CT molecular complexity index is 482. The fourth-order valence-electron chi connectivity index (χ4n) is 1.22. The third-order valence-electron chi connectivity index (χ3n) is 1.97. The van der Waals surface area contributed by atoms with E-state index in [0.717, 1.165) is 0 Å². The lowest BCUT2D eigenvalue weighted by molar-refractivity contribution is -0.276. The van der Waals surface area contributed by atoms with E-state index in [9.17, 15) is 18.0 Å². The zero-order valence-corrected chi connectivity index (χ0v) is 13.3. The quantitative estimate of drug-likeness (QED) is 0.399. The number of aromatic nitrogens is 1. The maximum atomic E-state index is 12.2. The van der Waals surface area contributed by atoms with Crippen molar-refractivity contribution in [3.8, 4) is 5.88 Å². The molecular weight excluding hydrogens is 446 g/mol. The average molecular weight is 454 g/mol. The highest BCUT2D eigenvalue weighted by Gasteiger charge is 2.33. The SMILES string of the molecule is COC(=O)Cc1cc(CBr)nc(OC(F)(F)F)c1I. The highest BCUT2D eigenvalue weighted by Crippen LogP contribution is 2.29. The van der Waals surface area contributed by atoms with Crippen LogP contribution in [-0.4, -0.2) is 24.4 Å². The summed E-state index contributed by atoms with van der Waals surface area (Å²) in [5, 5.41) is 0.242. The molecule has 0 saturated carbocycles. The summed E-state index contributed by atoms with van der Waals surface area (Å²) >= 11 is 4.75. The molecule has 0 atom stereocenters. The highest BCUT2D eigenvalue weighted by molar-refractivity contribution is 14.1. The predicted octanol–water partition coefficient (Wildman–Crippen LogP) is 3.20. The van der Waals surface area contributed by atoms with Crippen LogP contribution in [0.5, 0.6) is 5.88 Å². The van der Waals surface area contributed by atoms with Crippen LogP contribution in [0.3, 0.4) is 0 Å². The van der Waals surface area contributed by atoms with Crippen LogP contribution in [0, 0.1) is 3.57 Å². The van der Waals surface area contributed by atoms with Gasteiger partial charge in [-0.1, -0.05) is 15.9 Å². The number of nitrogens with zero attached hydrogens (tertiary/aromatic N) is 1. The van der Waals surface area contributed by atoms with Gasteiger partial charge in [0.05, 0.1) is 22.8 Å². The molecule has 4 nitrogen and oxygen atoms in total. The van der Waals surface area contributed by atoms with Crippen molar-refractivity contribution in [3.63, 3.8) is 0 Å². The topological polar surface area (TPSA) is 48.4 Å². The van der Waals surface area contributed by atoms with Crippen molar-refractivity contribution in [2.75, 3.05) is 7.11 Å². The molecule has 0 aliphatic rings. The van der Waals surface area contributed by atoms with Crippen LogP contribution < -0.4 is 4.74 Å². The van der Waals surface area contributed by atoms with Crippen LogP contribution in [-0.2, 0) is 21.3 Å². The van der Waals surface area contributed by atoms with Gasteiger partial charge in [-0.2, -0.15) is 0 Å². The fourth-order valence-corrected chi connectivity index (χ4v) is 2.08. The van der Waals surface area contributed by atoms with Gasteiger partial charge >= 0.3 is 12.3 Å². The summed E-state index contributed by atoms with van der Waals surface area (Å²) in [6.45, 7) is 0. The molecule has 1 rings (SSSR count). The van der Waals surface area contributed by atoms with E-state index in [4.69, 9.17) is 0 Å². The van der Waals surface area contributed by atoms with E-state index < -0.39 is 18.2 Å². The van der Waals surface area contributed by atoms with Crippen LogP contribution in [0.15, 0.2) is 6.07 Å². The molecule has 0 aliphatic carbocycles. The van der Waals surface area contributed by atoms with E-state index in [1.54, 1.807) is 22.6 Å². The summed E-state index contributed by atoms with van der Waals surface area (Å²) < 4.78 is 45.2. The lowest BCUT2D eigenvalue weighted by atomic mass is 10.1. The fraction of sp³-hybridized carbons (Fsp3) is 0.400. The van der Waals surface area contributed by atoms with Gasteiger partial charge in [0.1, 0.15) is 0 Å². The Labute approximate surface area is 128 Å². The van der Waals surface area contributed by atoms with Crippen molar-refractivity contribution in [1.29, 1.82) is 0 Å². The number of halogens is 5. The molecule has 0 radical (unpaired) electrons. The van der Waals surface area contributed by atoms with E-state index in [-0.39, 0.29) is 15.3 Å². The molecule has 0 saturated heterocycles. The van der Waals surface area contributed by atoms with Crippen molar-refractivity contribution in [3.05, 3.63) is 20.9 Å². The predicted molar refractivity (Wildman–Crippen MR) is 72.0 cm³/mol. The third kappa shape index (κ3) is 5.13. The number of methoxy groups -OCH3 is 1. The zero-order valence-electron chi connectivity index (χ0n) is 9.55. The number of rotatable bonds is 4. The van der Waals surface area contributed by atoms with Gasteiger partial charge < -0.3 is 9.47 Å². The van der Waals surface area contributed by atoms with Crippen molar-refractivity contribution in [2.24, 2.45) is 0 Å². The minimum Gasteiger partial charge on any atom is -0.469 e. The molecule has 0 fully saturated rings. The first-order valence-electron chi connectivity index (χ1n) is 4.83. The Kier molecular flexibility index (Phi) is 5.83. The number of alkyl halides is 4. The normalized spacial score (nSPS) is 11.3. The third-order valence-corrected chi connectivity index (χ3v) is 3.70. The Morgan fingerprint density at radius 1 is 1.53 bits per heavy atom. The van der Waals surface area contributed by atoms with Gasteiger partial charge in [-0.05, 0) is 34.2 Å². The molecule has 0 aliphatic heterocycles. The lowest BCUT2D eigenvalue weighted by Gasteiger charge is -2.13. The molecule has 0 amide bonds. The van der Waals surface area contributed by atoms with E-state index in [1.165, 1.54) is 13.2 Å². The molecule has 1 aromatic rings. The Morgan fingerprint density at radius 2 is 2.16 bits per heavy atom. The summed E-state index contributed by atoms with van der Waals surface area (Å²) in [5.41, 5.74) is 0.703. The first kappa shape index (κ1) is 16.5. The lowest BCUT2D eigenvalue weighted by Crippen LogP contribution is -2.20. The summed E-state index contributed by atoms with van der Waals surface area (Å²) in [5.74, 6) is -1.12. The number of carbonyl (C=O) groups is 1. The van der Waals surface area contributed by atoms with E-state index >= 15 is 0 Å². The molecule has 0 aromatic carbocycles. The first-order valence-corrected chi connectivity index (χ1v) is 7.03. The van der Waals surface area contributed by atoms with Gasteiger partial charge in [-0.25, -0.2) is 4.98 Å². The standard InChI is InChI=1S/C10H8BrF3INO3/c1-18-7(17)3-5-2-6(4-11)16-9(8(5)15)19-10(12,13)14/h2H,3-4H2,1H3.